The third-order valence-corrected chi connectivity index (χ3v) is 6.87. The number of thiazole rings is 1. The highest BCUT2D eigenvalue weighted by Crippen LogP contribution is 2.34. The van der Waals surface area contributed by atoms with Crippen LogP contribution in [-0.4, -0.2) is 34.0 Å². The molecule has 6 nitrogen and oxygen atoms in total. The fraction of sp³-hybridized carbons (Fsp3) is 0.208. The number of methoxy groups -OCH3 is 2. The molecule has 0 radical (unpaired) electrons. The zero-order valence-corrected chi connectivity index (χ0v) is 19.9. The lowest BCUT2D eigenvalue weighted by atomic mass is 10.1. The predicted molar refractivity (Wildman–Crippen MR) is 131 cm³/mol. The largest absolute Gasteiger partial charge is 0.493 e. The van der Waals surface area contributed by atoms with E-state index in [1.54, 1.807) is 37.3 Å². The average molecular weight is 465 g/mol. The van der Waals surface area contributed by atoms with Crippen LogP contribution in [0.3, 0.4) is 0 Å². The van der Waals surface area contributed by atoms with Crippen LogP contribution < -0.4 is 9.47 Å². The quantitative estimate of drug-likeness (QED) is 0.228. The highest BCUT2D eigenvalue weighted by molar-refractivity contribution is 7.98. The van der Waals surface area contributed by atoms with Crippen molar-refractivity contribution in [2.45, 2.75) is 24.4 Å². The molecule has 0 aliphatic carbocycles. The molecule has 4 rings (SSSR count). The van der Waals surface area contributed by atoms with Gasteiger partial charge in [-0.2, -0.15) is 0 Å². The average Bonchev–Trinajstić information content (AvgIpc) is 3.45. The Kier molecular flexibility index (Phi) is 6.92. The van der Waals surface area contributed by atoms with E-state index in [0.717, 1.165) is 27.2 Å². The summed E-state index contributed by atoms with van der Waals surface area (Å²) in [5.74, 6) is 2.79. The van der Waals surface area contributed by atoms with Gasteiger partial charge in [-0.3, -0.25) is 4.57 Å². The summed E-state index contributed by atoms with van der Waals surface area (Å²) in [7, 11) is 3.24. The van der Waals surface area contributed by atoms with Gasteiger partial charge in [0.2, 0.25) is 0 Å². The van der Waals surface area contributed by atoms with Crippen molar-refractivity contribution in [2.24, 2.45) is 0 Å². The lowest BCUT2D eigenvalue weighted by Gasteiger charge is -2.11. The molecule has 0 fully saturated rings. The Morgan fingerprint density at radius 1 is 1.09 bits per heavy atom. The number of allylic oxidation sites excluding steroid dienone is 1. The number of nitrogens with zero attached hydrogens (tertiary/aromatic N) is 4. The normalized spacial score (nSPS) is 10.8. The zero-order chi connectivity index (χ0) is 22.5. The molecule has 0 N–H and O–H groups in total. The highest BCUT2D eigenvalue weighted by Gasteiger charge is 2.16. The molecule has 4 aromatic rings. The number of rotatable bonds is 9. The summed E-state index contributed by atoms with van der Waals surface area (Å²) in [6, 6.07) is 14.0. The molecule has 0 atom stereocenters. The molecule has 32 heavy (non-hydrogen) atoms. The third-order valence-electron chi connectivity index (χ3n) is 4.95. The topological polar surface area (TPSA) is 62.1 Å². The number of thioether (sulfide) groups is 1. The van der Waals surface area contributed by atoms with Gasteiger partial charge >= 0.3 is 0 Å². The van der Waals surface area contributed by atoms with Crippen LogP contribution in [0.4, 0.5) is 0 Å². The minimum atomic E-state index is 0.602. The van der Waals surface area contributed by atoms with E-state index in [9.17, 15) is 0 Å². The summed E-state index contributed by atoms with van der Waals surface area (Å²) in [4.78, 5) is 4.83. The Morgan fingerprint density at radius 3 is 2.66 bits per heavy atom. The van der Waals surface area contributed by atoms with Crippen molar-refractivity contribution in [3.63, 3.8) is 0 Å². The van der Waals surface area contributed by atoms with E-state index >= 15 is 0 Å². The Morgan fingerprint density at radius 2 is 1.91 bits per heavy atom. The second kappa shape index (κ2) is 10.0. The van der Waals surface area contributed by atoms with E-state index < -0.39 is 0 Å². The van der Waals surface area contributed by atoms with Gasteiger partial charge in [0, 0.05) is 28.8 Å². The summed E-state index contributed by atoms with van der Waals surface area (Å²) in [5, 5.41) is 12.8. The second-order valence-electron chi connectivity index (χ2n) is 7.02. The van der Waals surface area contributed by atoms with Gasteiger partial charge in [0.15, 0.2) is 22.5 Å². The summed E-state index contributed by atoms with van der Waals surface area (Å²) < 4.78 is 12.8. The van der Waals surface area contributed by atoms with E-state index in [1.165, 1.54) is 11.1 Å². The molecule has 0 saturated heterocycles. The van der Waals surface area contributed by atoms with Gasteiger partial charge < -0.3 is 9.47 Å². The first-order valence-electron chi connectivity index (χ1n) is 10.0. The summed E-state index contributed by atoms with van der Waals surface area (Å²) in [6.45, 7) is 6.61. The zero-order valence-electron chi connectivity index (χ0n) is 18.2. The molecule has 8 heteroatoms. The molecule has 0 unspecified atom stereocenters. The van der Waals surface area contributed by atoms with Gasteiger partial charge in [-0.15, -0.1) is 28.1 Å². The number of ether oxygens (including phenoxy) is 2. The van der Waals surface area contributed by atoms with Crippen LogP contribution in [0.15, 0.2) is 65.7 Å². The van der Waals surface area contributed by atoms with Crippen molar-refractivity contribution in [3.05, 3.63) is 71.8 Å². The van der Waals surface area contributed by atoms with Crippen LogP contribution >= 0.6 is 23.1 Å². The van der Waals surface area contributed by atoms with Crippen molar-refractivity contribution in [3.8, 4) is 33.5 Å². The maximum absolute atomic E-state index is 5.44. The first-order chi connectivity index (χ1) is 15.6. The van der Waals surface area contributed by atoms with Gasteiger partial charge in [-0.1, -0.05) is 42.1 Å². The number of benzene rings is 2. The lowest BCUT2D eigenvalue weighted by molar-refractivity contribution is 0.355. The van der Waals surface area contributed by atoms with Gasteiger partial charge in [0.25, 0.3) is 0 Å². The number of hydrogen-bond donors (Lipinski definition) is 0. The fourth-order valence-electron chi connectivity index (χ4n) is 3.33. The van der Waals surface area contributed by atoms with Crippen molar-refractivity contribution in [2.75, 3.05) is 14.2 Å². The van der Waals surface area contributed by atoms with Gasteiger partial charge in [-0.25, -0.2) is 4.98 Å². The van der Waals surface area contributed by atoms with E-state index in [1.807, 2.05) is 41.0 Å². The molecule has 0 amide bonds. The van der Waals surface area contributed by atoms with Crippen molar-refractivity contribution in [1.29, 1.82) is 0 Å². The van der Waals surface area contributed by atoms with E-state index in [2.05, 4.69) is 41.2 Å². The van der Waals surface area contributed by atoms with Crippen LogP contribution in [-0.2, 0) is 12.3 Å². The summed E-state index contributed by atoms with van der Waals surface area (Å²) >= 11 is 3.28. The molecular formula is C24H24N4O2S2. The maximum Gasteiger partial charge on any atom is 0.192 e. The molecule has 2 aromatic heterocycles. The Labute approximate surface area is 196 Å². The Bertz CT molecular complexity index is 1230. The SMILES string of the molecule is C=CCn1c(SCc2csc(-c3ccccc3C)n2)nnc1-c1ccc(OC)c(OC)c1. The molecule has 0 aliphatic heterocycles. The first kappa shape index (κ1) is 22.1. The van der Waals surface area contributed by atoms with Crippen molar-refractivity contribution >= 4 is 23.1 Å². The molecule has 0 bridgehead atoms. The van der Waals surface area contributed by atoms with Gasteiger partial charge in [-0.05, 0) is 30.7 Å². The molecule has 0 spiro atoms. The summed E-state index contributed by atoms with van der Waals surface area (Å²) in [5.41, 5.74) is 4.34. The molecule has 0 aliphatic rings. The van der Waals surface area contributed by atoms with E-state index in [-0.39, 0.29) is 0 Å². The lowest BCUT2D eigenvalue weighted by Crippen LogP contribution is -2.01. The smallest absolute Gasteiger partial charge is 0.192 e. The van der Waals surface area contributed by atoms with E-state index in [0.29, 0.717) is 23.8 Å². The van der Waals surface area contributed by atoms with Crippen LogP contribution in [0.2, 0.25) is 0 Å². The highest BCUT2D eigenvalue weighted by atomic mass is 32.2. The predicted octanol–water partition coefficient (Wildman–Crippen LogP) is 5.87. The van der Waals surface area contributed by atoms with Crippen LogP contribution in [0.25, 0.3) is 22.0 Å². The number of hydrogen-bond acceptors (Lipinski definition) is 7. The van der Waals surface area contributed by atoms with Crippen LogP contribution in [0.1, 0.15) is 11.3 Å². The monoisotopic (exact) mass is 464 g/mol. The Hall–Kier alpha value is -3.10. The Balaban J connectivity index is 1.56. The van der Waals surface area contributed by atoms with Crippen molar-refractivity contribution < 1.29 is 9.47 Å². The number of aromatic nitrogens is 4. The molecule has 2 aromatic carbocycles. The maximum atomic E-state index is 5.44. The second-order valence-corrected chi connectivity index (χ2v) is 8.82. The number of aryl methyl sites for hydroxylation is 1. The van der Waals surface area contributed by atoms with Crippen molar-refractivity contribution in [1.82, 2.24) is 19.7 Å². The van der Waals surface area contributed by atoms with E-state index in [4.69, 9.17) is 14.5 Å². The standard InChI is InChI=1S/C24H24N4O2S2/c1-5-12-28-22(17-10-11-20(29-3)21(13-17)30-4)26-27-24(28)32-15-18-14-31-23(25-18)19-9-7-6-8-16(19)2/h5-11,13-14H,1,12,15H2,2-4H3. The van der Waals surface area contributed by atoms with Crippen LogP contribution in [0.5, 0.6) is 11.5 Å². The molecule has 2 heterocycles. The third kappa shape index (κ3) is 4.56. The van der Waals surface area contributed by atoms with Gasteiger partial charge in [0.05, 0.1) is 19.9 Å². The minimum absolute atomic E-state index is 0.602. The van der Waals surface area contributed by atoms with Gasteiger partial charge in [0.1, 0.15) is 5.01 Å². The first-order valence-corrected chi connectivity index (χ1v) is 11.9. The fourth-order valence-corrected chi connectivity index (χ4v) is 5.18. The van der Waals surface area contributed by atoms with Crippen LogP contribution in [0, 0.1) is 6.92 Å². The molecular weight excluding hydrogens is 440 g/mol. The minimum Gasteiger partial charge on any atom is -0.493 e. The molecule has 164 valence electrons. The molecule has 0 saturated carbocycles. The summed E-state index contributed by atoms with van der Waals surface area (Å²) in [6.07, 6.45) is 1.84.